The molecule has 182 valence electrons. The van der Waals surface area contributed by atoms with Gasteiger partial charge in [0.15, 0.2) is 0 Å². The zero-order chi connectivity index (χ0) is 25.7. The lowest BCUT2D eigenvalue weighted by Gasteiger charge is -2.28. The van der Waals surface area contributed by atoms with Crippen molar-refractivity contribution < 1.29 is 14.0 Å². The van der Waals surface area contributed by atoms with Gasteiger partial charge in [0.05, 0.1) is 40.2 Å². The van der Waals surface area contributed by atoms with Crippen molar-refractivity contribution in [1.82, 2.24) is 5.32 Å². The minimum atomic E-state index is -0.728. The van der Waals surface area contributed by atoms with Crippen LogP contribution >= 0.6 is 23.4 Å². The second-order valence-corrected chi connectivity index (χ2v) is 9.50. The summed E-state index contributed by atoms with van der Waals surface area (Å²) < 4.78 is 5.64. The minimum absolute atomic E-state index is 0.0446. The third-order valence-corrected chi connectivity index (χ3v) is 6.82. The molecule has 4 rings (SSSR count). The molecule has 2 heterocycles. The van der Waals surface area contributed by atoms with E-state index >= 15 is 0 Å². The summed E-state index contributed by atoms with van der Waals surface area (Å²) in [5.74, 6) is -0.819. The quantitative estimate of drug-likeness (QED) is 0.357. The number of hydrogen-bond acceptors (Lipinski definition) is 6. The Balaban J connectivity index is 1.59. The Bertz CT molecular complexity index is 1410. The molecule has 0 fully saturated rings. The van der Waals surface area contributed by atoms with E-state index in [1.807, 2.05) is 31.2 Å². The number of rotatable bonds is 7. The molecule has 2 aromatic carbocycles. The van der Waals surface area contributed by atoms with Gasteiger partial charge in [0, 0.05) is 22.1 Å². The first-order valence-corrected chi connectivity index (χ1v) is 12.4. The van der Waals surface area contributed by atoms with Crippen molar-refractivity contribution in [2.24, 2.45) is 0 Å². The monoisotopic (exact) mass is 518 g/mol. The summed E-state index contributed by atoms with van der Waals surface area (Å²) in [6, 6.07) is 20.0. The summed E-state index contributed by atoms with van der Waals surface area (Å²) in [5.41, 5.74) is 3.42. The second-order valence-electron chi connectivity index (χ2n) is 8.08. The van der Waals surface area contributed by atoms with Gasteiger partial charge in [0.25, 0.3) is 5.91 Å². The van der Waals surface area contributed by atoms with Crippen molar-refractivity contribution in [1.29, 1.82) is 5.26 Å². The van der Waals surface area contributed by atoms with E-state index in [9.17, 15) is 14.9 Å². The fraction of sp³-hybridized carbons (Fsp3) is 0.148. The summed E-state index contributed by atoms with van der Waals surface area (Å²) >= 11 is 7.17. The number of halogens is 1. The average molecular weight is 519 g/mol. The third kappa shape index (κ3) is 5.65. The largest absolute Gasteiger partial charge is 0.468 e. The predicted octanol–water partition coefficient (Wildman–Crippen LogP) is 5.95. The molecule has 1 aliphatic rings. The lowest BCUT2D eigenvalue weighted by molar-refractivity contribution is -0.114. The number of nitrogens with one attached hydrogen (secondary N) is 3. The van der Waals surface area contributed by atoms with Gasteiger partial charge in [-0.3, -0.25) is 9.59 Å². The van der Waals surface area contributed by atoms with Gasteiger partial charge < -0.3 is 20.4 Å². The van der Waals surface area contributed by atoms with Gasteiger partial charge in [-0.15, -0.1) is 0 Å². The number of thioether (sulfide) groups is 1. The first-order valence-electron chi connectivity index (χ1n) is 11.1. The summed E-state index contributed by atoms with van der Waals surface area (Å²) in [5, 5.41) is 20.0. The first-order chi connectivity index (χ1) is 17.4. The molecule has 9 heteroatoms. The summed E-state index contributed by atoms with van der Waals surface area (Å²) in [6.07, 6.45) is 1.50. The van der Waals surface area contributed by atoms with E-state index < -0.39 is 5.92 Å². The van der Waals surface area contributed by atoms with Gasteiger partial charge in [0.2, 0.25) is 5.91 Å². The van der Waals surface area contributed by atoms with Crippen LogP contribution < -0.4 is 16.0 Å². The zero-order valence-corrected chi connectivity index (χ0v) is 21.2. The molecule has 0 saturated heterocycles. The van der Waals surface area contributed by atoms with Crippen LogP contribution in [0.25, 0.3) is 0 Å². The number of benzene rings is 2. The van der Waals surface area contributed by atoms with Crippen molar-refractivity contribution in [3.05, 3.63) is 105 Å². The number of aryl methyl sites for hydroxylation is 1. The van der Waals surface area contributed by atoms with E-state index in [4.69, 9.17) is 16.0 Å². The van der Waals surface area contributed by atoms with Gasteiger partial charge in [-0.05, 0) is 55.8 Å². The number of amides is 2. The maximum absolute atomic E-state index is 13.4. The molecule has 3 aromatic rings. The third-order valence-electron chi connectivity index (χ3n) is 5.57. The predicted molar refractivity (Wildman–Crippen MR) is 142 cm³/mol. The number of carbonyl (C=O) groups is 2. The molecule has 0 spiro atoms. The van der Waals surface area contributed by atoms with Crippen LogP contribution in [0.4, 0.5) is 11.4 Å². The number of allylic oxidation sites excluding steroid dienone is 2. The SMILES string of the molecule is CC1=C(C(=O)Nc2ccccc2C)[C@H](c2ccco2)C(C#N)=C(SCC(=O)Nc2cccc(Cl)c2)N1. The number of dihydropyridines is 1. The van der Waals surface area contributed by atoms with E-state index in [0.717, 1.165) is 5.56 Å². The highest BCUT2D eigenvalue weighted by molar-refractivity contribution is 8.03. The fourth-order valence-corrected chi connectivity index (χ4v) is 4.95. The molecular formula is C27H23ClN4O3S. The van der Waals surface area contributed by atoms with Crippen molar-refractivity contribution in [3.8, 4) is 6.07 Å². The maximum Gasteiger partial charge on any atom is 0.254 e. The number of nitriles is 1. The van der Waals surface area contributed by atoms with Gasteiger partial charge in [0.1, 0.15) is 5.76 Å². The molecular weight excluding hydrogens is 496 g/mol. The van der Waals surface area contributed by atoms with E-state index in [1.54, 1.807) is 43.3 Å². The summed E-state index contributed by atoms with van der Waals surface area (Å²) in [4.78, 5) is 26.0. The van der Waals surface area contributed by atoms with Crippen LogP contribution in [0.3, 0.4) is 0 Å². The zero-order valence-electron chi connectivity index (χ0n) is 19.6. The topological polar surface area (TPSA) is 107 Å². The van der Waals surface area contributed by atoms with E-state index in [1.165, 1.54) is 18.0 Å². The fourth-order valence-electron chi connectivity index (χ4n) is 3.87. The van der Waals surface area contributed by atoms with Crippen LogP contribution in [0.2, 0.25) is 5.02 Å². The van der Waals surface area contributed by atoms with Gasteiger partial charge >= 0.3 is 0 Å². The summed E-state index contributed by atoms with van der Waals surface area (Å²) in [7, 11) is 0. The maximum atomic E-state index is 13.4. The van der Waals surface area contributed by atoms with Crippen LogP contribution in [-0.2, 0) is 9.59 Å². The molecule has 0 bridgehead atoms. The molecule has 2 amide bonds. The average Bonchev–Trinajstić information content (AvgIpc) is 3.38. The molecule has 0 unspecified atom stereocenters. The Labute approximate surface area is 218 Å². The van der Waals surface area contributed by atoms with Crippen LogP contribution in [-0.4, -0.2) is 17.6 Å². The number of hydrogen-bond donors (Lipinski definition) is 3. The normalized spacial score (nSPS) is 15.2. The molecule has 1 aliphatic heterocycles. The molecule has 1 aromatic heterocycles. The Morgan fingerprint density at radius 2 is 1.92 bits per heavy atom. The number of anilines is 2. The Morgan fingerprint density at radius 1 is 1.11 bits per heavy atom. The van der Waals surface area contributed by atoms with Gasteiger partial charge in [-0.1, -0.05) is 47.6 Å². The summed E-state index contributed by atoms with van der Waals surface area (Å²) in [6.45, 7) is 3.67. The molecule has 3 N–H and O–H groups in total. The highest BCUT2D eigenvalue weighted by Crippen LogP contribution is 2.41. The Hall–Kier alpha value is -3.93. The van der Waals surface area contributed by atoms with Gasteiger partial charge in [-0.25, -0.2) is 0 Å². The van der Waals surface area contributed by atoms with Crippen molar-refractivity contribution in [2.45, 2.75) is 19.8 Å². The van der Waals surface area contributed by atoms with E-state index in [-0.39, 0.29) is 17.6 Å². The number of para-hydroxylation sites is 1. The molecule has 0 aliphatic carbocycles. The minimum Gasteiger partial charge on any atom is -0.468 e. The van der Waals surface area contributed by atoms with Crippen LogP contribution in [0.5, 0.6) is 0 Å². The van der Waals surface area contributed by atoms with Crippen molar-refractivity contribution in [2.75, 3.05) is 16.4 Å². The van der Waals surface area contributed by atoms with E-state index in [2.05, 4.69) is 22.0 Å². The highest BCUT2D eigenvalue weighted by Gasteiger charge is 2.36. The van der Waals surface area contributed by atoms with E-state index in [0.29, 0.717) is 44.0 Å². The number of nitrogens with zero attached hydrogens (tertiary/aromatic N) is 1. The second kappa shape index (κ2) is 11.2. The molecule has 7 nitrogen and oxygen atoms in total. The van der Waals surface area contributed by atoms with Crippen LogP contribution in [0.15, 0.2) is 93.2 Å². The van der Waals surface area contributed by atoms with Crippen LogP contribution in [0, 0.1) is 18.3 Å². The molecule has 1 atom stereocenters. The number of furan rings is 1. The lowest BCUT2D eigenvalue weighted by Crippen LogP contribution is -2.31. The van der Waals surface area contributed by atoms with Crippen LogP contribution in [0.1, 0.15) is 24.2 Å². The molecule has 0 radical (unpaired) electrons. The van der Waals surface area contributed by atoms with Gasteiger partial charge in [-0.2, -0.15) is 5.26 Å². The highest BCUT2D eigenvalue weighted by atomic mass is 35.5. The molecule has 36 heavy (non-hydrogen) atoms. The lowest BCUT2D eigenvalue weighted by atomic mass is 9.85. The standard InChI is InChI=1S/C27H23ClN4O3S/c1-16-7-3-4-10-21(16)32-26(34)24-17(2)30-27(20(14-29)25(24)22-11-6-12-35-22)36-15-23(33)31-19-9-5-8-18(28)13-19/h3-13,25,30H,15H2,1-2H3,(H,31,33)(H,32,34)/t25-/m0/s1. The Kier molecular flexibility index (Phi) is 7.84. The van der Waals surface area contributed by atoms with Crippen molar-refractivity contribution >= 4 is 46.6 Å². The smallest absolute Gasteiger partial charge is 0.254 e. The first kappa shape index (κ1) is 25.2. The Morgan fingerprint density at radius 3 is 2.61 bits per heavy atom. The molecule has 0 saturated carbocycles. The van der Waals surface area contributed by atoms with Crippen molar-refractivity contribution in [3.63, 3.8) is 0 Å². The number of carbonyl (C=O) groups excluding carboxylic acids is 2.